The lowest BCUT2D eigenvalue weighted by Gasteiger charge is -2.09. The van der Waals surface area contributed by atoms with Gasteiger partial charge in [-0.15, -0.1) is 0 Å². The zero-order chi connectivity index (χ0) is 16.3. The topological polar surface area (TPSA) is 21.3 Å². The Morgan fingerprint density at radius 2 is 1.43 bits per heavy atom. The Balaban J connectivity index is 0.000000595. The lowest BCUT2D eigenvalue weighted by molar-refractivity contribution is 0.314. The van der Waals surface area contributed by atoms with Gasteiger partial charge >= 0.3 is 0 Å². The Morgan fingerprint density at radius 3 is 2.22 bits per heavy atom. The minimum Gasteiger partial charge on any atom is -0.493 e. The summed E-state index contributed by atoms with van der Waals surface area (Å²) in [4.78, 5) is 0. The van der Waals surface area contributed by atoms with E-state index in [4.69, 9.17) is 4.74 Å². The predicted octanol–water partition coefficient (Wildman–Crippen LogP) is 4.69. The Hall–Kier alpha value is -2.32. The van der Waals surface area contributed by atoms with Crippen molar-refractivity contribution in [3.63, 3.8) is 0 Å². The quantitative estimate of drug-likeness (QED) is 0.691. The van der Waals surface area contributed by atoms with Gasteiger partial charge in [0.25, 0.3) is 0 Å². The third-order valence-corrected chi connectivity index (χ3v) is 3.46. The number of benzene rings is 3. The Morgan fingerprint density at radius 1 is 0.783 bits per heavy atom. The molecule has 0 saturated heterocycles. The van der Waals surface area contributed by atoms with Gasteiger partial charge < -0.3 is 10.1 Å². The van der Waals surface area contributed by atoms with Gasteiger partial charge in [0, 0.05) is 5.39 Å². The van der Waals surface area contributed by atoms with E-state index >= 15 is 0 Å². The second kappa shape index (κ2) is 9.65. The fourth-order valence-electron chi connectivity index (χ4n) is 2.42. The van der Waals surface area contributed by atoms with Crippen LogP contribution in [0.25, 0.3) is 10.8 Å². The van der Waals surface area contributed by atoms with E-state index in [0.29, 0.717) is 0 Å². The minimum atomic E-state index is 0.753. The van der Waals surface area contributed by atoms with E-state index in [1.165, 1.54) is 16.3 Å². The maximum Gasteiger partial charge on any atom is 0.127 e. The van der Waals surface area contributed by atoms with E-state index in [9.17, 15) is 0 Å². The zero-order valence-electron chi connectivity index (χ0n) is 14.0. The van der Waals surface area contributed by atoms with Crippen molar-refractivity contribution in [1.82, 2.24) is 5.32 Å². The molecule has 0 spiro atoms. The molecule has 0 fully saturated rings. The smallest absolute Gasteiger partial charge is 0.127 e. The summed E-state index contributed by atoms with van der Waals surface area (Å²) in [6.07, 6.45) is 2.10. The van der Waals surface area contributed by atoms with Crippen molar-refractivity contribution in [2.75, 3.05) is 20.7 Å². The number of hydrogen-bond acceptors (Lipinski definition) is 2. The molecule has 0 atom stereocenters. The molecule has 3 rings (SSSR count). The molecular formula is C21H25NO. The van der Waals surface area contributed by atoms with Gasteiger partial charge in [0.15, 0.2) is 0 Å². The van der Waals surface area contributed by atoms with Gasteiger partial charge in [-0.1, -0.05) is 66.7 Å². The number of aryl methyl sites for hydroxylation is 1. The van der Waals surface area contributed by atoms with Gasteiger partial charge in [0.2, 0.25) is 0 Å². The minimum absolute atomic E-state index is 0.753. The molecule has 2 heteroatoms. The summed E-state index contributed by atoms with van der Waals surface area (Å²) in [7, 11) is 3.75. The first-order valence-electron chi connectivity index (χ1n) is 8.08. The fourth-order valence-corrected chi connectivity index (χ4v) is 2.42. The summed E-state index contributed by atoms with van der Waals surface area (Å²) in [6, 6.07) is 25.1. The van der Waals surface area contributed by atoms with Gasteiger partial charge in [-0.05, 0) is 44.0 Å². The van der Waals surface area contributed by atoms with Gasteiger partial charge in [0.05, 0.1) is 6.61 Å². The third kappa shape index (κ3) is 5.42. The van der Waals surface area contributed by atoms with Gasteiger partial charge in [-0.2, -0.15) is 0 Å². The standard InChI is InChI=1S/C19H18O.C2H7N/c1-2-8-16(9-3-1)10-7-15-20-19-14-6-12-17-11-4-5-13-18(17)19;1-3-2/h1-6,8-9,11-14H,7,10,15H2;3H,1-2H3. The summed E-state index contributed by atoms with van der Waals surface area (Å²) in [5.41, 5.74) is 1.37. The van der Waals surface area contributed by atoms with Crippen molar-refractivity contribution in [3.8, 4) is 5.75 Å². The van der Waals surface area contributed by atoms with E-state index in [1.807, 2.05) is 20.2 Å². The first-order chi connectivity index (χ1) is 11.3. The highest BCUT2D eigenvalue weighted by atomic mass is 16.5. The van der Waals surface area contributed by atoms with Crippen molar-refractivity contribution in [3.05, 3.63) is 78.4 Å². The monoisotopic (exact) mass is 307 g/mol. The molecule has 0 saturated carbocycles. The number of fused-ring (bicyclic) bond motifs is 1. The van der Waals surface area contributed by atoms with Crippen molar-refractivity contribution >= 4 is 10.8 Å². The summed E-state index contributed by atoms with van der Waals surface area (Å²) < 4.78 is 5.94. The van der Waals surface area contributed by atoms with Crippen molar-refractivity contribution < 1.29 is 4.74 Å². The highest BCUT2D eigenvalue weighted by Crippen LogP contribution is 2.25. The number of rotatable bonds is 5. The average molecular weight is 307 g/mol. The summed E-state index contributed by atoms with van der Waals surface area (Å²) >= 11 is 0. The van der Waals surface area contributed by atoms with Gasteiger partial charge in [-0.25, -0.2) is 0 Å². The lowest BCUT2D eigenvalue weighted by atomic mass is 10.1. The molecule has 0 aliphatic heterocycles. The van der Waals surface area contributed by atoms with Crippen LogP contribution in [0, 0.1) is 0 Å². The van der Waals surface area contributed by atoms with Crippen LogP contribution in [0.3, 0.4) is 0 Å². The van der Waals surface area contributed by atoms with Crippen LogP contribution in [-0.4, -0.2) is 20.7 Å². The summed E-state index contributed by atoms with van der Waals surface area (Å²) in [6.45, 7) is 0.753. The number of ether oxygens (including phenoxy) is 1. The fraction of sp³-hybridized carbons (Fsp3) is 0.238. The highest BCUT2D eigenvalue weighted by molar-refractivity contribution is 5.88. The van der Waals surface area contributed by atoms with E-state index in [1.54, 1.807) is 0 Å². The van der Waals surface area contributed by atoms with Crippen LogP contribution in [0.4, 0.5) is 0 Å². The van der Waals surface area contributed by atoms with Gasteiger partial charge in [-0.3, -0.25) is 0 Å². The Labute approximate surface area is 139 Å². The molecule has 0 radical (unpaired) electrons. The Bertz CT molecular complexity index is 689. The van der Waals surface area contributed by atoms with Crippen molar-refractivity contribution in [2.24, 2.45) is 0 Å². The molecule has 1 N–H and O–H groups in total. The second-order valence-corrected chi connectivity index (χ2v) is 5.41. The first-order valence-corrected chi connectivity index (χ1v) is 8.08. The maximum atomic E-state index is 5.94. The number of nitrogens with one attached hydrogen (secondary N) is 1. The molecule has 120 valence electrons. The van der Waals surface area contributed by atoms with E-state index in [0.717, 1.165) is 25.2 Å². The molecule has 0 aromatic heterocycles. The molecule has 0 heterocycles. The first kappa shape index (κ1) is 17.0. The molecule has 3 aromatic carbocycles. The molecule has 0 aliphatic carbocycles. The molecule has 0 unspecified atom stereocenters. The molecule has 0 aliphatic rings. The highest BCUT2D eigenvalue weighted by Gasteiger charge is 2.00. The van der Waals surface area contributed by atoms with Crippen LogP contribution < -0.4 is 10.1 Å². The maximum absolute atomic E-state index is 5.94. The van der Waals surface area contributed by atoms with E-state index in [2.05, 4.69) is 72.0 Å². The SMILES string of the molecule is CNC.c1ccc(CCCOc2cccc3ccccc23)cc1. The second-order valence-electron chi connectivity index (χ2n) is 5.41. The molecule has 2 nitrogen and oxygen atoms in total. The summed E-state index contributed by atoms with van der Waals surface area (Å²) in [5, 5.41) is 5.17. The predicted molar refractivity (Wildman–Crippen MR) is 99.2 cm³/mol. The number of hydrogen-bond donors (Lipinski definition) is 1. The van der Waals surface area contributed by atoms with Crippen LogP contribution in [-0.2, 0) is 6.42 Å². The molecular weight excluding hydrogens is 282 g/mol. The van der Waals surface area contributed by atoms with Crippen LogP contribution >= 0.6 is 0 Å². The molecule has 3 aromatic rings. The van der Waals surface area contributed by atoms with E-state index < -0.39 is 0 Å². The van der Waals surface area contributed by atoms with Crippen LogP contribution in [0.15, 0.2) is 72.8 Å². The van der Waals surface area contributed by atoms with Crippen LogP contribution in [0.1, 0.15) is 12.0 Å². The average Bonchev–Trinajstić information content (AvgIpc) is 2.60. The van der Waals surface area contributed by atoms with E-state index in [-0.39, 0.29) is 0 Å². The third-order valence-electron chi connectivity index (χ3n) is 3.46. The largest absolute Gasteiger partial charge is 0.493 e. The summed E-state index contributed by atoms with van der Waals surface area (Å²) in [5.74, 6) is 0.983. The molecule has 0 amide bonds. The molecule has 23 heavy (non-hydrogen) atoms. The zero-order valence-corrected chi connectivity index (χ0v) is 14.0. The molecule has 0 bridgehead atoms. The van der Waals surface area contributed by atoms with Crippen LogP contribution in [0.2, 0.25) is 0 Å². The lowest BCUT2D eigenvalue weighted by Crippen LogP contribution is -1.99. The van der Waals surface area contributed by atoms with Crippen LogP contribution in [0.5, 0.6) is 5.75 Å². The Kier molecular flexibility index (Phi) is 7.15. The van der Waals surface area contributed by atoms with Crippen molar-refractivity contribution in [2.45, 2.75) is 12.8 Å². The van der Waals surface area contributed by atoms with Crippen molar-refractivity contribution in [1.29, 1.82) is 0 Å². The van der Waals surface area contributed by atoms with Gasteiger partial charge in [0.1, 0.15) is 5.75 Å². The normalized spacial score (nSPS) is 10.0.